The summed E-state index contributed by atoms with van der Waals surface area (Å²) in [6.07, 6.45) is 13.1. The van der Waals surface area contributed by atoms with Crippen LogP contribution in [0.1, 0.15) is 69.5 Å². The monoisotopic (exact) mass is 287 g/mol. The molecule has 1 aromatic rings. The van der Waals surface area contributed by atoms with Crippen LogP contribution in [0.25, 0.3) is 0 Å². The van der Waals surface area contributed by atoms with E-state index in [-0.39, 0.29) is 5.41 Å². The third kappa shape index (κ3) is 4.35. The third-order valence-corrected chi connectivity index (χ3v) is 4.68. The molecule has 21 heavy (non-hydrogen) atoms. The molecule has 1 atom stereocenters. The van der Waals surface area contributed by atoms with Crippen LogP contribution in [-0.2, 0) is 13.0 Å². The molecule has 0 spiro atoms. The van der Waals surface area contributed by atoms with Crippen molar-refractivity contribution >= 4 is 0 Å². The second-order valence-electron chi connectivity index (χ2n) is 7.02. The number of aromatic nitrogens is 1. The van der Waals surface area contributed by atoms with E-state index in [2.05, 4.69) is 35.4 Å². The zero-order valence-electron chi connectivity index (χ0n) is 13.8. The minimum atomic E-state index is -0.176. The van der Waals surface area contributed by atoms with Crippen LogP contribution in [0.15, 0.2) is 12.4 Å². The molecule has 3 nitrogen and oxygen atoms in total. The molecule has 0 bridgehead atoms. The molecule has 1 heterocycles. The number of rotatable bonds is 6. The first-order valence-corrected chi connectivity index (χ1v) is 8.33. The minimum absolute atomic E-state index is 0.176. The normalized spacial score (nSPS) is 18.9. The Morgan fingerprint density at radius 1 is 1.33 bits per heavy atom. The van der Waals surface area contributed by atoms with E-state index in [9.17, 15) is 0 Å². The van der Waals surface area contributed by atoms with Crippen molar-refractivity contribution in [2.75, 3.05) is 7.05 Å². The standard InChI is InChI=1S/C18H29N3/c1-18(2,14-19)10-6-7-11-21-12-15-8-4-5-9-17(20-3)16(15)13-21/h12-13,17,20H,4-11H2,1-3H3. The van der Waals surface area contributed by atoms with Gasteiger partial charge < -0.3 is 9.88 Å². The first-order chi connectivity index (χ1) is 10.1. The molecule has 116 valence electrons. The lowest BCUT2D eigenvalue weighted by atomic mass is 9.89. The Labute approximate surface area is 129 Å². The van der Waals surface area contributed by atoms with Gasteiger partial charge in [-0.25, -0.2) is 0 Å². The number of nitrogens with zero attached hydrogens (tertiary/aromatic N) is 2. The smallest absolute Gasteiger partial charge is 0.0683 e. The van der Waals surface area contributed by atoms with Crippen molar-refractivity contribution in [1.82, 2.24) is 9.88 Å². The van der Waals surface area contributed by atoms with Gasteiger partial charge in [-0.1, -0.05) is 12.8 Å². The minimum Gasteiger partial charge on any atom is -0.354 e. The van der Waals surface area contributed by atoms with Gasteiger partial charge in [0, 0.05) is 25.0 Å². The molecule has 0 aliphatic heterocycles. The quantitative estimate of drug-likeness (QED) is 0.629. The van der Waals surface area contributed by atoms with E-state index in [0.29, 0.717) is 6.04 Å². The summed E-state index contributed by atoms with van der Waals surface area (Å²) in [6, 6.07) is 2.91. The molecule has 0 amide bonds. The molecule has 0 aromatic carbocycles. The lowest BCUT2D eigenvalue weighted by molar-refractivity contribution is 0.416. The van der Waals surface area contributed by atoms with Crippen molar-refractivity contribution in [2.24, 2.45) is 5.41 Å². The van der Waals surface area contributed by atoms with E-state index in [4.69, 9.17) is 5.26 Å². The van der Waals surface area contributed by atoms with Gasteiger partial charge in [0.1, 0.15) is 0 Å². The number of aryl methyl sites for hydroxylation is 2. The number of unbranched alkanes of at least 4 members (excludes halogenated alkanes) is 1. The zero-order valence-corrected chi connectivity index (χ0v) is 13.8. The maximum absolute atomic E-state index is 9.04. The molecule has 3 heteroatoms. The number of nitrogens with one attached hydrogen (secondary N) is 1. The highest BCUT2D eigenvalue weighted by molar-refractivity contribution is 5.29. The van der Waals surface area contributed by atoms with Crippen LogP contribution in [-0.4, -0.2) is 11.6 Å². The predicted octanol–water partition coefficient (Wildman–Crippen LogP) is 4.20. The molecule has 1 aromatic heterocycles. The van der Waals surface area contributed by atoms with Gasteiger partial charge in [-0.05, 0) is 64.1 Å². The van der Waals surface area contributed by atoms with Crippen LogP contribution in [0, 0.1) is 16.7 Å². The summed E-state index contributed by atoms with van der Waals surface area (Å²) in [7, 11) is 2.07. The number of hydrogen-bond donors (Lipinski definition) is 1. The molecule has 0 fully saturated rings. The fraction of sp³-hybridized carbons (Fsp3) is 0.722. The van der Waals surface area contributed by atoms with Crippen LogP contribution in [0.4, 0.5) is 0 Å². The number of hydrogen-bond acceptors (Lipinski definition) is 2. The third-order valence-electron chi connectivity index (χ3n) is 4.68. The molecule has 1 aliphatic carbocycles. The Hall–Kier alpha value is -1.27. The summed E-state index contributed by atoms with van der Waals surface area (Å²) in [6.45, 7) is 5.13. The SMILES string of the molecule is CNC1CCCCc2cn(CCCCC(C)(C)C#N)cc21. The largest absolute Gasteiger partial charge is 0.354 e. The Morgan fingerprint density at radius 3 is 2.86 bits per heavy atom. The van der Waals surface area contributed by atoms with Gasteiger partial charge >= 0.3 is 0 Å². The van der Waals surface area contributed by atoms with Crippen molar-refractivity contribution in [3.05, 3.63) is 23.5 Å². The van der Waals surface area contributed by atoms with Crippen LogP contribution >= 0.6 is 0 Å². The number of nitriles is 1. The Kier molecular flexibility index (Phi) is 5.47. The molecule has 2 rings (SSSR count). The molecule has 1 unspecified atom stereocenters. The highest BCUT2D eigenvalue weighted by Crippen LogP contribution is 2.29. The van der Waals surface area contributed by atoms with Crippen molar-refractivity contribution in [3.8, 4) is 6.07 Å². The zero-order chi connectivity index (χ0) is 15.3. The fourth-order valence-electron chi connectivity index (χ4n) is 3.26. The van der Waals surface area contributed by atoms with E-state index >= 15 is 0 Å². The lowest BCUT2D eigenvalue weighted by Crippen LogP contribution is -2.15. The molecule has 0 radical (unpaired) electrons. The summed E-state index contributed by atoms with van der Waals surface area (Å²) in [5, 5.41) is 12.5. The van der Waals surface area contributed by atoms with E-state index < -0.39 is 0 Å². The average Bonchev–Trinajstić information content (AvgIpc) is 2.77. The highest BCUT2D eigenvalue weighted by atomic mass is 15.0. The van der Waals surface area contributed by atoms with Gasteiger partial charge in [0.05, 0.1) is 11.5 Å². The molecule has 0 saturated carbocycles. The van der Waals surface area contributed by atoms with Crippen LogP contribution in [0.5, 0.6) is 0 Å². The van der Waals surface area contributed by atoms with E-state index in [1.54, 1.807) is 0 Å². The van der Waals surface area contributed by atoms with Gasteiger partial charge in [-0.3, -0.25) is 0 Å². The van der Waals surface area contributed by atoms with E-state index in [0.717, 1.165) is 25.8 Å². The molecule has 0 saturated heterocycles. The topological polar surface area (TPSA) is 40.8 Å². The van der Waals surface area contributed by atoms with E-state index in [1.165, 1.54) is 36.8 Å². The maximum Gasteiger partial charge on any atom is 0.0683 e. The molecular formula is C18H29N3. The maximum atomic E-state index is 9.04. The van der Waals surface area contributed by atoms with E-state index in [1.807, 2.05) is 13.8 Å². The summed E-state index contributed by atoms with van der Waals surface area (Å²) < 4.78 is 2.36. The van der Waals surface area contributed by atoms with Gasteiger partial charge in [0.15, 0.2) is 0 Å². The van der Waals surface area contributed by atoms with Crippen LogP contribution < -0.4 is 5.32 Å². The van der Waals surface area contributed by atoms with Crippen LogP contribution in [0.3, 0.4) is 0 Å². The second kappa shape index (κ2) is 7.13. The van der Waals surface area contributed by atoms with Gasteiger partial charge in [-0.2, -0.15) is 5.26 Å². The van der Waals surface area contributed by atoms with Gasteiger partial charge in [-0.15, -0.1) is 0 Å². The van der Waals surface area contributed by atoms with Crippen molar-refractivity contribution in [1.29, 1.82) is 5.26 Å². The molecular weight excluding hydrogens is 258 g/mol. The Bertz CT molecular complexity index is 493. The van der Waals surface area contributed by atoms with Gasteiger partial charge in [0.25, 0.3) is 0 Å². The Morgan fingerprint density at radius 2 is 2.14 bits per heavy atom. The van der Waals surface area contributed by atoms with Crippen molar-refractivity contribution in [2.45, 2.75) is 71.4 Å². The number of fused-ring (bicyclic) bond motifs is 1. The summed E-state index contributed by atoms with van der Waals surface area (Å²) >= 11 is 0. The summed E-state index contributed by atoms with van der Waals surface area (Å²) in [5.74, 6) is 0. The second-order valence-corrected chi connectivity index (χ2v) is 7.02. The molecule has 1 N–H and O–H groups in total. The first kappa shape index (κ1) is 16.1. The molecule has 1 aliphatic rings. The Balaban J connectivity index is 1.90. The van der Waals surface area contributed by atoms with Crippen LogP contribution in [0.2, 0.25) is 0 Å². The highest BCUT2D eigenvalue weighted by Gasteiger charge is 2.19. The first-order valence-electron chi connectivity index (χ1n) is 8.33. The average molecular weight is 287 g/mol. The predicted molar refractivity (Wildman–Crippen MR) is 87.0 cm³/mol. The van der Waals surface area contributed by atoms with Gasteiger partial charge in [0.2, 0.25) is 0 Å². The summed E-state index contributed by atoms with van der Waals surface area (Å²) in [4.78, 5) is 0. The summed E-state index contributed by atoms with van der Waals surface area (Å²) in [5.41, 5.74) is 2.86. The van der Waals surface area contributed by atoms with Crippen molar-refractivity contribution < 1.29 is 0 Å². The van der Waals surface area contributed by atoms with Crippen molar-refractivity contribution in [3.63, 3.8) is 0 Å². The lowest BCUT2D eigenvalue weighted by Gasteiger charge is -2.14. The fourth-order valence-corrected chi connectivity index (χ4v) is 3.26.